The van der Waals surface area contributed by atoms with Crippen LogP contribution in [0, 0.1) is 13.8 Å². The molecule has 0 aliphatic rings. The molecule has 0 bridgehead atoms. The fourth-order valence-corrected chi connectivity index (χ4v) is 2.14. The predicted octanol–water partition coefficient (Wildman–Crippen LogP) is 4.64. The quantitative estimate of drug-likeness (QED) is 0.873. The molecule has 0 spiro atoms. The van der Waals surface area contributed by atoms with Crippen LogP contribution in [0.3, 0.4) is 0 Å². The molecule has 112 valence electrons. The van der Waals surface area contributed by atoms with Gasteiger partial charge in [-0.2, -0.15) is 0 Å². The molecular weight excluding hydrogens is 284 g/mol. The minimum atomic E-state index is 0.439. The highest BCUT2D eigenvalue weighted by Gasteiger charge is 2.07. The van der Waals surface area contributed by atoms with Crippen molar-refractivity contribution in [3.8, 4) is 11.6 Å². The smallest absolute Gasteiger partial charge is 0.219 e. The van der Waals surface area contributed by atoms with Gasteiger partial charge < -0.3 is 10.1 Å². The van der Waals surface area contributed by atoms with Crippen LogP contribution in [0.25, 0.3) is 0 Å². The zero-order chi connectivity index (χ0) is 15.4. The number of nitrogens with zero attached hydrogens (tertiary/aromatic N) is 1. The molecule has 0 unspecified atom stereocenters. The van der Waals surface area contributed by atoms with Crippen LogP contribution in [0.2, 0.25) is 5.02 Å². The average molecular weight is 305 g/mol. The molecule has 0 saturated carbocycles. The molecule has 0 aliphatic carbocycles. The van der Waals surface area contributed by atoms with E-state index in [1.807, 2.05) is 38.1 Å². The second-order valence-corrected chi connectivity index (χ2v) is 5.93. The molecule has 0 radical (unpaired) electrons. The predicted molar refractivity (Wildman–Crippen MR) is 87.2 cm³/mol. The van der Waals surface area contributed by atoms with Gasteiger partial charge in [-0.05, 0) is 43.2 Å². The van der Waals surface area contributed by atoms with Crippen LogP contribution >= 0.6 is 11.6 Å². The van der Waals surface area contributed by atoms with Crippen molar-refractivity contribution in [2.24, 2.45) is 0 Å². The van der Waals surface area contributed by atoms with E-state index in [9.17, 15) is 0 Å². The molecule has 1 heterocycles. The second-order valence-electron chi connectivity index (χ2n) is 5.53. The minimum absolute atomic E-state index is 0.439. The average Bonchev–Trinajstić information content (AvgIpc) is 2.40. The van der Waals surface area contributed by atoms with E-state index in [0.29, 0.717) is 22.7 Å². The normalized spacial score (nSPS) is 11.0. The number of hydrogen-bond acceptors (Lipinski definition) is 3. The molecule has 1 aromatic heterocycles. The molecule has 2 aromatic rings. The van der Waals surface area contributed by atoms with Crippen molar-refractivity contribution in [2.45, 2.75) is 40.3 Å². The summed E-state index contributed by atoms with van der Waals surface area (Å²) >= 11 is 6.16. The molecule has 0 fully saturated rings. The summed E-state index contributed by atoms with van der Waals surface area (Å²) in [5.41, 5.74) is 3.18. The molecule has 4 heteroatoms. The van der Waals surface area contributed by atoms with E-state index in [4.69, 9.17) is 16.3 Å². The third-order valence-electron chi connectivity index (χ3n) is 3.01. The molecule has 1 aromatic carbocycles. The van der Waals surface area contributed by atoms with Crippen molar-refractivity contribution < 1.29 is 4.74 Å². The van der Waals surface area contributed by atoms with Gasteiger partial charge in [0.1, 0.15) is 5.75 Å². The van der Waals surface area contributed by atoms with Gasteiger partial charge in [0.25, 0.3) is 0 Å². The maximum atomic E-state index is 6.16. The van der Waals surface area contributed by atoms with Gasteiger partial charge in [-0.15, -0.1) is 0 Å². The summed E-state index contributed by atoms with van der Waals surface area (Å²) in [6, 6.07) is 10.1. The number of aryl methyl sites for hydroxylation is 2. The van der Waals surface area contributed by atoms with E-state index < -0.39 is 0 Å². The van der Waals surface area contributed by atoms with E-state index in [1.165, 1.54) is 0 Å². The Bertz CT molecular complexity index is 626. The lowest BCUT2D eigenvalue weighted by molar-refractivity contribution is 0.459. The second kappa shape index (κ2) is 6.92. The largest absolute Gasteiger partial charge is 0.437 e. The first-order valence-electron chi connectivity index (χ1n) is 7.09. The Kier molecular flexibility index (Phi) is 5.21. The van der Waals surface area contributed by atoms with E-state index >= 15 is 0 Å². The summed E-state index contributed by atoms with van der Waals surface area (Å²) < 4.78 is 5.85. The summed E-state index contributed by atoms with van der Waals surface area (Å²) in [7, 11) is 0. The number of hydrogen-bond donors (Lipinski definition) is 1. The van der Waals surface area contributed by atoms with Crippen molar-refractivity contribution in [1.29, 1.82) is 0 Å². The summed E-state index contributed by atoms with van der Waals surface area (Å²) in [6.07, 6.45) is 0. The van der Waals surface area contributed by atoms with Crippen molar-refractivity contribution in [1.82, 2.24) is 10.3 Å². The maximum absolute atomic E-state index is 6.16. The van der Waals surface area contributed by atoms with Gasteiger partial charge in [0.15, 0.2) is 0 Å². The third-order valence-corrected chi connectivity index (χ3v) is 3.32. The number of pyridine rings is 1. The fourth-order valence-electron chi connectivity index (χ4n) is 1.98. The summed E-state index contributed by atoms with van der Waals surface area (Å²) in [5, 5.41) is 3.98. The molecule has 21 heavy (non-hydrogen) atoms. The molecule has 0 atom stereocenters. The Hall–Kier alpha value is -1.58. The van der Waals surface area contributed by atoms with Gasteiger partial charge in [0.05, 0.1) is 5.02 Å². The molecule has 0 saturated heterocycles. The molecule has 0 amide bonds. The van der Waals surface area contributed by atoms with Crippen LogP contribution < -0.4 is 10.1 Å². The molecule has 2 rings (SSSR count). The lowest BCUT2D eigenvalue weighted by Crippen LogP contribution is -2.21. The van der Waals surface area contributed by atoms with E-state index in [2.05, 4.69) is 30.2 Å². The Labute approximate surface area is 131 Å². The van der Waals surface area contributed by atoms with Crippen molar-refractivity contribution in [3.05, 3.63) is 52.2 Å². The zero-order valence-corrected chi connectivity index (χ0v) is 13.7. The summed E-state index contributed by atoms with van der Waals surface area (Å²) in [6.45, 7) is 9.00. The van der Waals surface area contributed by atoms with Gasteiger partial charge in [-0.25, -0.2) is 4.98 Å². The Morgan fingerprint density at radius 1 is 1.19 bits per heavy atom. The SMILES string of the molecule is Cc1ccc(Cl)c(Oc2cc(CNC(C)C)cc(C)n2)c1. The highest BCUT2D eigenvalue weighted by molar-refractivity contribution is 6.32. The Balaban J connectivity index is 2.21. The van der Waals surface area contributed by atoms with Crippen LogP contribution in [-0.2, 0) is 6.54 Å². The van der Waals surface area contributed by atoms with Crippen LogP contribution in [0.4, 0.5) is 0 Å². The zero-order valence-electron chi connectivity index (χ0n) is 12.9. The number of aromatic nitrogens is 1. The van der Waals surface area contributed by atoms with Gasteiger partial charge in [0.2, 0.25) is 5.88 Å². The lowest BCUT2D eigenvalue weighted by Gasteiger charge is -2.12. The number of benzene rings is 1. The highest BCUT2D eigenvalue weighted by Crippen LogP contribution is 2.29. The van der Waals surface area contributed by atoms with Crippen LogP contribution in [0.1, 0.15) is 30.7 Å². The van der Waals surface area contributed by atoms with Gasteiger partial charge in [-0.1, -0.05) is 31.5 Å². The van der Waals surface area contributed by atoms with E-state index in [-0.39, 0.29) is 0 Å². The molecular formula is C17H21ClN2O. The first-order valence-corrected chi connectivity index (χ1v) is 7.47. The van der Waals surface area contributed by atoms with E-state index in [1.54, 1.807) is 0 Å². The van der Waals surface area contributed by atoms with Crippen molar-refractivity contribution in [2.75, 3.05) is 0 Å². The summed E-state index contributed by atoms with van der Waals surface area (Å²) in [4.78, 5) is 4.42. The number of halogens is 1. The van der Waals surface area contributed by atoms with Crippen LogP contribution in [0.5, 0.6) is 11.6 Å². The summed E-state index contributed by atoms with van der Waals surface area (Å²) in [5.74, 6) is 1.21. The standard InChI is InChI=1S/C17H21ClN2O/c1-11(2)19-10-14-8-13(4)20-17(9-14)21-16-7-12(3)5-6-15(16)18/h5-9,11,19H,10H2,1-4H3. The Morgan fingerprint density at radius 3 is 2.67 bits per heavy atom. The van der Waals surface area contributed by atoms with Crippen LogP contribution in [-0.4, -0.2) is 11.0 Å². The van der Waals surface area contributed by atoms with Crippen molar-refractivity contribution in [3.63, 3.8) is 0 Å². The number of nitrogens with one attached hydrogen (secondary N) is 1. The highest BCUT2D eigenvalue weighted by atomic mass is 35.5. The topological polar surface area (TPSA) is 34.1 Å². The molecule has 0 aliphatic heterocycles. The number of rotatable bonds is 5. The van der Waals surface area contributed by atoms with E-state index in [0.717, 1.165) is 23.4 Å². The third kappa shape index (κ3) is 4.73. The number of ether oxygens (including phenoxy) is 1. The monoisotopic (exact) mass is 304 g/mol. The van der Waals surface area contributed by atoms with Crippen molar-refractivity contribution >= 4 is 11.6 Å². The minimum Gasteiger partial charge on any atom is -0.437 e. The molecule has 3 nitrogen and oxygen atoms in total. The van der Waals surface area contributed by atoms with Gasteiger partial charge in [0, 0.05) is 24.3 Å². The van der Waals surface area contributed by atoms with Gasteiger partial charge in [-0.3, -0.25) is 0 Å². The molecule has 1 N–H and O–H groups in total. The van der Waals surface area contributed by atoms with Crippen LogP contribution in [0.15, 0.2) is 30.3 Å². The Morgan fingerprint density at radius 2 is 1.95 bits per heavy atom. The maximum Gasteiger partial charge on any atom is 0.219 e. The van der Waals surface area contributed by atoms with Gasteiger partial charge >= 0.3 is 0 Å². The fraction of sp³-hybridized carbons (Fsp3) is 0.353. The lowest BCUT2D eigenvalue weighted by atomic mass is 10.2. The first-order chi connectivity index (χ1) is 9.94. The first kappa shape index (κ1) is 15.8.